The molecule has 2 heterocycles. The van der Waals surface area contributed by atoms with Crippen molar-refractivity contribution >= 4 is 16.0 Å². The molecule has 1 aromatic carbocycles. The van der Waals surface area contributed by atoms with Crippen LogP contribution in [-0.2, 0) is 19.6 Å². The minimum absolute atomic E-state index is 0.186. The lowest BCUT2D eigenvalue weighted by Crippen LogP contribution is -2.52. The molecule has 0 aromatic heterocycles. The summed E-state index contributed by atoms with van der Waals surface area (Å²) < 4.78 is 57.3. The maximum atomic E-state index is 13.3. The van der Waals surface area contributed by atoms with Gasteiger partial charge in [-0.2, -0.15) is 4.31 Å². The summed E-state index contributed by atoms with van der Waals surface area (Å²) in [6.45, 7) is 1.54. The number of hydrogen-bond acceptors (Lipinski definition) is 5. The summed E-state index contributed by atoms with van der Waals surface area (Å²) >= 11 is 0. The fraction of sp³-hybridized carbons (Fsp3) is 0.500. The Kier molecular flexibility index (Phi) is 4.35. The molecule has 23 heavy (non-hydrogen) atoms. The van der Waals surface area contributed by atoms with E-state index < -0.39 is 21.7 Å². The average molecular weight is 346 g/mol. The molecule has 2 saturated heterocycles. The molecular weight excluding hydrogens is 330 g/mol. The van der Waals surface area contributed by atoms with Crippen LogP contribution in [0, 0.1) is 11.6 Å². The van der Waals surface area contributed by atoms with Crippen molar-refractivity contribution in [3.63, 3.8) is 0 Å². The fourth-order valence-electron chi connectivity index (χ4n) is 2.86. The Hall–Kier alpha value is -1.58. The first-order valence-electron chi connectivity index (χ1n) is 7.25. The van der Waals surface area contributed by atoms with Crippen molar-refractivity contribution < 1.29 is 26.7 Å². The maximum Gasteiger partial charge on any atom is 0.323 e. The molecule has 0 radical (unpaired) electrons. The number of esters is 1. The van der Waals surface area contributed by atoms with Crippen LogP contribution in [0.5, 0.6) is 0 Å². The van der Waals surface area contributed by atoms with Crippen molar-refractivity contribution in [2.75, 3.05) is 32.8 Å². The molecule has 0 spiro atoms. The summed E-state index contributed by atoms with van der Waals surface area (Å²) in [5.74, 6) is -2.56. The second kappa shape index (κ2) is 6.14. The van der Waals surface area contributed by atoms with Gasteiger partial charge in [-0.3, -0.25) is 9.69 Å². The van der Waals surface area contributed by atoms with E-state index in [9.17, 15) is 22.0 Å². The highest BCUT2D eigenvalue weighted by molar-refractivity contribution is 7.89. The van der Waals surface area contributed by atoms with Crippen LogP contribution in [0.15, 0.2) is 23.1 Å². The van der Waals surface area contributed by atoms with Gasteiger partial charge < -0.3 is 4.74 Å². The van der Waals surface area contributed by atoms with E-state index in [0.29, 0.717) is 32.2 Å². The van der Waals surface area contributed by atoms with Crippen molar-refractivity contribution in [2.45, 2.75) is 17.4 Å². The Balaban J connectivity index is 1.71. The Bertz CT molecular complexity index is 717. The summed E-state index contributed by atoms with van der Waals surface area (Å²) in [5.41, 5.74) is 0. The van der Waals surface area contributed by atoms with Crippen LogP contribution < -0.4 is 0 Å². The molecule has 3 rings (SSSR count). The lowest BCUT2D eigenvalue weighted by Gasteiger charge is -2.35. The van der Waals surface area contributed by atoms with Crippen LogP contribution in [0.3, 0.4) is 0 Å². The molecule has 0 aliphatic carbocycles. The fourth-order valence-corrected chi connectivity index (χ4v) is 4.29. The minimum atomic E-state index is -3.88. The molecule has 0 bridgehead atoms. The first-order valence-corrected chi connectivity index (χ1v) is 8.69. The molecule has 1 aromatic rings. The Morgan fingerprint density at radius 2 is 1.78 bits per heavy atom. The zero-order chi connectivity index (χ0) is 16.6. The summed E-state index contributed by atoms with van der Waals surface area (Å²) in [6.07, 6.45) is 0.606. The molecule has 2 aliphatic rings. The number of hydrogen-bond donors (Lipinski definition) is 0. The number of halogens is 2. The van der Waals surface area contributed by atoms with Crippen molar-refractivity contribution in [1.29, 1.82) is 0 Å². The first kappa shape index (κ1) is 16.3. The molecule has 0 N–H and O–H groups in total. The van der Waals surface area contributed by atoms with Crippen LogP contribution in [-0.4, -0.2) is 62.4 Å². The van der Waals surface area contributed by atoms with Crippen LogP contribution in [0.1, 0.15) is 6.42 Å². The predicted molar refractivity (Wildman–Crippen MR) is 76.1 cm³/mol. The number of carbonyl (C=O) groups is 1. The van der Waals surface area contributed by atoms with Crippen LogP contribution in [0.2, 0.25) is 0 Å². The van der Waals surface area contributed by atoms with E-state index in [1.807, 2.05) is 4.90 Å². The maximum absolute atomic E-state index is 13.3. The van der Waals surface area contributed by atoms with Gasteiger partial charge in [-0.25, -0.2) is 17.2 Å². The van der Waals surface area contributed by atoms with Gasteiger partial charge in [0.05, 0.1) is 11.5 Å². The molecular formula is C14H16F2N2O4S. The normalized spacial score (nSPS) is 23.9. The monoisotopic (exact) mass is 346 g/mol. The quantitative estimate of drug-likeness (QED) is 0.750. The van der Waals surface area contributed by atoms with Gasteiger partial charge in [0.2, 0.25) is 10.0 Å². The van der Waals surface area contributed by atoms with E-state index in [1.165, 1.54) is 4.31 Å². The highest BCUT2D eigenvalue weighted by atomic mass is 32.2. The Labute approximate surface area is 132 Å². The van der Waals surface area contributed by atoms with Gasteiger partial charge in [-0.1, -0.05) is 0 Å². The topological polar surface area (TPSA) is 66.9 Å². The molecule has 2 aliphatic heterocycles. The third kappa shape index (κ3) is 3.08. The summed E-state index contributed by atoms with van der Waals surface area (Å²) in [4.78, 5) is 13.2. The Morgan fingerprint density at radius 1 is 1.09 bits per heavy atom. The molecule has 2 fully saturated rings. The third-order valence-corrected chi connectivity index (χ3v) is 6.05. The zero-order valence-corrected chi connectivity index (χ0v) is 13.1. The highest BCUT2D eigenvalue weighted by Crippen LogP contribution is 2.22. The van der Waals surface area contributed by atoms with E-state index in [4.69, 9.17) is 4.74 Å². The van der Waals surface area contributed by atoms with Crippen LogP contribution in [0.4, 0.5) is 8.78 Å². The minimum Gasteiger partial charge on any atom is -0.464 e. The lowest BCUT2D eigenvalue weighted by atomic mass is 10.2. The van der Waals surface area contributed by atoms with Crippen molar-refractivity contribution in [2.24, 2.45) is 0 Å². The molecule has 1 atom stereocenters. The highest BCUT2D eigenvalue weighted by Gasteiger charge is 2.36. The van der Waals surface area contributed by atoms with Gasteiger partial charge in [0.1, 0.15) is 6.04 Å². The number of carbonyl (C=O) groups excluding carboxylic acids is 1. The average Bonchev–Trinajstić information content (AvgIpc) is 2.96. The van der Waals surface area contributed by atoms with Gasteiger partial charge >= 0.3 is 5.97 Å². The molecule has 0 unspecified atom stereocenters. The van der Waals surface area contributed by atoms with E-state index in [1.54, 1.807) is 0 Å². The van der Waals surface area contributed by atoms with Gasteiger partial charge in [-0.05, 0) is 18.2 Å². The number of nitrogens with zero attached hydrogens (tertiary/aromatic N) is 2. The van der Waals surface area contributed by atoms with Crippen molar-refractivity contribution in [3.8, 4) is 0 Å². The van der Waals surface area contributed by atoms with Gasteiger partial charge in [0.25, 0.3) is 0 Å². The van der Waals surface area contributed by atoms with Crippen molar-refractivity contribution in [1.82, 2.24) is 9.21 Å². The van der Waals surface area contributed by atoms with E-state index >= 15 is 0 Å². The molecule has 6 nitrogen and oxygen atoms in total. The number of sulfonamides is 1. The lowest BCUT2D eigenvalue weighted by molar-refractivity contribution is -0.142. The van der Waals surface area contributed by atoms with E-state index in [2.05, 4.69) is 0 Å². The number of ether oxygens (including phenoxy) is 1. The smallest absolute Gasteiger partial charge is 0.323 e. The van der Waals surface area contributed by atoms with E-state index in [-0.39, 0.29) is 30.0 Å². The van der Waals surface area contributed by atoms with Gasteiger partial charge in [-0.15, -0.1) is 0 Å². The van der Waals surface area contributed by atoms with Crippen molar-refractivity contribution in [3.05, 3.63) is 29.8 Å². The predicted octanol–water partition coefficient (Wildman–Crippen LogP) is 0.587. The number of cyclic esters (lactones) is 1. The first-order chi connectivity index (χ1) is 10.9. The summed E-state index contributed by atoms with van der Waals surface area (Å²) in [5, 5.41) is 0. The second-order valence-electron chi connectivity index (χ2n) is 5.49. The molecule has 126 valence electrons. The molecule has 9 heteroatoms. The Morgan fingerprint density at radius 3 is 2.35 bits per heavy atom. The van der Waals surface area contributed by atoms with Gasteiger partial charge in [0.15, 0.2) is 11.6 Å². The molecule has 0 amide bonds. The largest absolute Gasteiger partial charge is 0.464 e. The number of benzene rings is 1. The third-order valence-electron chi connectivity index (χ3n) is 4.15. The second-order valence-corrected chi connectivity index (χ2v) is 7.43. The van der Waals surface area contributed by atoms with Crippen LogP contribution >= 0.6 is 0 Å². The molecule has 0 saturated carbocycles. The zero-order valence-electron chi connectivity index (χ0n) is 12.2. The number of rotatable bonds is 3. The summed E-state index contributed by atoms with van der Waals surface area (Å²) in [7, 11) is -3.88. The van der Waals surface area contributed by atoms with Gasteiger partial charge in [0, 0.05) is 32.6 Å². The SMILES string of the molecule is O=C1OCC[C@H]1N1CCN(S(=O)(=O)c2ccc(F)c(F)c2)CC1. The standard InChI is InChI=1S/C14H16F2N2O4S/c15-11-2-1-10(9-12(11)16)23(20,21)18-6-4-17(5-7-18)13-3-8-22-14(13)19/h1-2,9,13H,3-8H2/t13-/m1/s1. The number of piperazine rings is 1. The summed E-state index contributed by atoms with van der Waals surface area (Å²) in [6, 6.07) is 2.22. The van der Waals surface area contributed by atoms with E-state index in [0.717, 1.165) is 12.1 Å². The van der Waals surface area contributed by atoms with Crippen LogP contribution in [0.25, 0.3) is 0 Å².